The van der Waals surface area contributed by atoms with Gasteiger partial charge in [0.25, 0.3) is 0 Å². The fraction of sp³-hybridized carbons (Fsp3) is 0. The summed E-state index contributed by atoms with van der Waals surface area (Å²) >= 11 is 11.3. The minimum atomic E-state index is -0.594. The SMILES string of the molecule is Fc1c(Cl)cc2ncccc2c1Cl. The highest BCUT2D eigenvalue weighted by molar-refractivity contribution is 6.38. The van der Waals surface area contributed by atoms with Crippen LogP contribution in [0.2, 0.25) is 10.0 Å². The molecule has 4 heteroatoms. The van der Waals surface area contributed by atoms with Gasteiger partial charge in [-0.05, 0) is 18.2 Å². The van der Waals surface area contributed by atoms with Crippen molar-refractivity contribution in [1.82, 2.24) is 4.98 Å². The Morgan fingerprint density at radius 2 is 2.08 bits per heavy atom. The van der Waals surface area contributed by atoms with Crippen molar-refractivity contribution in [3.8, 4) is 0 Å². The lowest BCUT2D eigenvalue weighted by Crippen LogP contribution is -1.84. The summed E-state index contributed by atoms with van der Waals surface area (Å²) in [6, 6.07) is 4.85. The molecule has 0 aliphatic rings. The van der Waals surface area contributed by atoms with Gasteiger partial charge in [0.15, 0.2) is 5.82 Å². The average molecular weight is 216 g/mol. The standard InChI is InChI=1S/C9H4Cl2FN/c10-6-4-7-5(2-1-3-13-7)8(11)9(6)12/h1-4H. The molecule has 1 aromatic heterocycles. The van der Waals surface area contributed by atoms with Crippen molar-refractivity contribution in [3.05, 3.63) is 40.3 Å². The fourth-order valence-corrected chi connectivity index (χ4v) is 1.63. The van der Waals surface area contributed by atoms with Crippen LogP contribution in [0.15, 0.2) is 24.4 Å². The first-order valence-electron chi connectivity index (χ1n) is 3.58. The molecule has 66 valence electrons. The Morgan fingerprint density at radius 1 is 1.31 bits per heavy atom. The molecule has 0 aliphatic carbocycles. The lowest BCUT2D eigenvalue weighted by Gasteiger charge is -2.01. The Balaban J connectivity index is 2.94. The zero-order chi connectivity index (χ0) is 9.42. The third kappa shape index (κ3) is 1.36. The minimum absolute atomic E-state index is 0.00352. The summed E-state index contributed by atoms with van der Waals surface area (Å²) < 4.78 is 13.2. The molecule has 2 aromatic rings. The Bertz CT molecular complexity index is 470. The van der Waals surface area contributed by atoms with E-state index in [4.69, 9.17) is 23.2 Å². The summed E-state index contributed by atoms with van der Waals surface area (Å²) in [4.78, 5) is 4.01. The first-order chi connectivity index (χ1) is 6.20. The lowest BCUT2D eigenvalue weighted by molar-refractivity contribution is 0.630. The Labute approximate surface area is 84.1 Å². The average Bonchev–Trinajstić information content (AvgIpc) is 2.15. The van der Waals surface area contributed by atoms with E-state index in [1.54, 1.807) is 18.3 Å². The molecule has 0 N–H and O–H groups in total. The van der Waals surface area contributed by atoms with Gasteiger partial charge in [-0.3, -0.25) is 4.98 Å². The van der Waals surface area contributed by atoms with Crippen LogP contribution >= 0.6 is 23.2 Å². The van der Waals surface area contributed by atoms with Crippen LogP contribution in [0.1, 0.15) is 0 Å². The van der Waals surface area contributed by atoms with Gasteiger partial charge < -0.3 is 0 Å². The molecule has 1 nitrogen and oxygen atoms in total. The third-order valence-electron chi connectivity index (χ3n) is 1.74. The van der Waals surface area contributed by atoms with E-state index in [9.17, 15) is 4.39 Å². The van der Waals surface area contributed by atoms with E-state index in [1.807, 2.05) is 0 Å². The van der Waals surface area contributed by atoms with Crippen LogP contribution in [0.5, 0.6) is 0 Å². The lowest BCUT2D eigenvalue weighted by atomic mass is 10.2. The van der Waals surface area contributed by atoms with E-state index in [-0.39, 0.29) is 10.0 Å². The molecule has 0 radical (unpaired) electrons. The number of hydrogen-bond donors (Lipinski definition) is 0. The van der Waals surface area contributed by atoms with Gasteiger partial charge in [-0.25, -0.2) is 4.39 Å². The molecule has 1 heterocycles. The zero-order valence-corrected chi connectivity index (χ0v) is 7.90. The summed E-state index contributed by atoms with van der Waals surface area (Å²) in [7, 11) is 0. The van der Waals surface area contributed by atoms with E-state index in [0.29, 0.717) is 10.9 Å². The fourth-order valence-electron chi connectivity index (χ4n) is 1.12. The molecular formula is C9H4Cl2FN. The topological polar surface area (TPSA) is 12.9 Å². The van der Waals surface area contributed by atoms with Crippen molar-refractivity contribution < 1.29 is 4.39 Å². The third-order valence-corrected chi connectivity index (χ3v) is 2.39. The summed E-state index contributed by atoms with van der Waals surface area (Å²) in [5, 5.41) is 0.595. The van der Waals surface area contributed by atoms with Crippen LogP contribution in [0.3, 0.4) is 0 Å². The monoisotopic (exact) mass is 215 g/mol. The Hall–Kier alpha value is -0.860. The second-order valence-electron chi connectivity index (χ2n) is 2.56. The first kappa shape index (κ1) is 8.73. The number of halogens is 3. The Kier molecular flexibility index (Phi) is 2.10. The van der Waals surface area contributed by atoms with Gasteiger partial charge in [-0.1, -0.05) is 23.2 Å². The van der Waals surface area contributed by atoms with Gasteiger partial charge in [0, 0.05) is 11.6 Å². The van der Waals surface area contributed by atoms with Crippen LogP contribution in [0, 0.1) is 5.82 Å². The van der Waals surface area contributed by atoms with Crippen molar-refractivity contribution in [2.75, 3.05) is 0 Å². The first-order valence-corrected chi connectivity index (χ1v) is 4.34. The molecule has 2 rings (SSSR count). The predicted molar refractivity (Wildman–Crippen MR) is 51.7 cm³/mol. The smallest absolute Gasteiger partial charge is 0.161 e. The van der Waals surface area contributed by atoms with Crippen LogP contribution in [0.25, 0.3) is 10.9 Å². The van der Waals surface area contributed by atoms with Gasteiger partial charge >= 0.3 is 0 Å². The van der Waals surface area contributed by atoms with E-state index in [2.05, 4.69) is 4.98 Å². The number of benzene rings is 1. The van der Waals surface area contributed by atoms with Crippen molar-refractivity contribution >= 4 is 34.1 Å². The molecule has 0 unspecified atom stereocenters. The number of hydrogen-bond acceptors (Lipinski definition) is 1. The van der Waals surface area contributed by atoms with Crippen molar-refractivity contribution in [3.63, 3.8) is 0 Å². The molecule has 0 bridgehead atoms. The molecule has 1 aromatic carbocycles. The van der Waals surface area contributed by atoms with Gasteiger partial charge in [0.1, 0.15) is 0 Å². The largest absolute Gasteiger partial charge is 0.256 e. The highest BCUT2D eigenvalue weighted by Gasteiger charge is 2.09. The molecule has 0 atom stereocenters. The number of aromatic nitrogens is 1. The quantitative estimate of drug-likeness (QED) is 0.612. The van der Waals surface area contributed by atoms with Crippen LogP contribution in [-0.4, -0.2) is 4.98 Å². The number of nitrogens with zero attached hydrogens (tertiary/aromatic N) is 1. The van der Waals surface area contributed by atoms with E-state index in [0.717, 1.165) is 0 Å². The van der Waals surface area contributed by atoms with Gasteiger partial charge in [0.05, 0.1) is 15.6 Å². The zero-order valence-electron chi connectivity index (χ0n) is 6.39. The summed E-state index contributed by atoms with van der Waals surface area (Å²) in [5.74, 6) is -0.594. The minimum Gasteiger partial charge on any atom is -0.256 e. The van der Waals surface area contributed by atoms with Crippen LogP contribution in [0.4, 0.5) is 4.39 Å². The second-order valence-corrected chi connectivity index (χ2v) is 3.34. The Morgan fingerprint density at radius 3 is 2.85 bits per heavy atom. The van der Waals surface area contributed by atoms with E-state index >= 15 is 0 Å². The van der Waals surface area contributed by atoms with E-state index in [1.165, 1.54) is 6.07 Å². The van der Waals surface area contributed by atoms with Crippen LogP contribution in [-0.2, 0) is 0 Å². The van der Waals surface area contributed by atoms with E-state index < -0.39 is 5.82 Å². The molecule has 0 fully saturated rings. The van der Waals surface area contributed by atoms with Gasteiger partial charge in [-0.15, -0.1) is 0 Å². The maximum absolute atomic E-state index is 13.2. The molecule has 0 saturated heterocycles. The molecule has 0 saturated carbocycles. The molecule has 0 spiro atoms. The number of rotatable bonds is 0. The normalized spacial score (nSPS) is 10.7. The second kappa shape index (κ2) is 3.13. The van der Waals surface area contributed by atoms with Crippen molar-refractivity contribution in [1.29, 1.82) is 0 Å². The summed E-state index contributed by atoms with van der Waals surface area (Å²) in [6.07, 6.45) is 1.60. The van der Waals surface area contributed by atoms with Crippen LogP contribution < -0.4 is 0 Å². The predicted octanol–water partition coefficient (Wildman–Crippen LogP) is 3.68. The molecule has 0 amide bonds. The summed E-state index contributed by atoms with van der Waals surface area (Å²) in [6.45, 7) is 0. The summed E-state index contributed by atoms with van der Waals surface area (Å²) in [5.41, 5.74) is 0.596. The maximum Gasteiger partial charge on any atom is 0.161 e. The molecular weight excluding hydrogens is 212 g/mol. The highest BCUT2D eigenvalue weighted by Crippen LogP contribution is 2.30. The molecule has 13 heavy (non-hydrogen) atoms. The number of fused-ring (bicyclic) bond motifs is 1. The van der Waals surface area contributed by atoms with Gasteiger partial charge in [-0.2, -0.15) is 0 Å². The van der Waals surface area contributed by atoms with Crippen molar-refractivity contribution in [2.24, 2.45) is 0 Å². The number of pyridine rings is 1. The highest BCUT2D eigenvalue weighted by atomic mass is 35.5. The molecule has 0 aliphatic heterocycles. The van der Waals surface area contributed by atoms with Gasteiger partial charge in [0.2, 0.25) is 0 Å². The maximum atomic E-state index is 13.2. The van der Waals surface area contributed by atoms with Crippen molar-refractivity contribution in [2.45, 2.75) is 0 Å².